The highest BCUT2D eigenvalue weighted by molar-refractivity contribution is 6.30. The van der Waals surface area contributed by atoms with Gasteiger partial charge in [0.25, 0.3) is 0 Å². The van der Waals surface area contributed by atoms with Gasteiger partial charge < -0.3 is 5.73 Å². The summed E-state index contributed by atoms with van der Waals surface area (Å²) in [6, 6.07) is 4.40. The van der Waals surface area contributed by atoms with Crippen LogP contribution in [-0.4, -0.2) is 6.54 Å². The maximum absolute atomic E-state index is 12.9. The highest BCUT2D eigenvalue weighted by Gasteiger charge is 1.97. The van der Waals surface area contributed by atoms with E-state index in [0.29, 0.717) is 17.1 Å². The Morgan fingerprint density at radius 1 is 1.50 bits per heavy atom. The number of benzene rings is 1. The molecule has 0 aliphatic carbocycles. The second-order valence-corrected chi connectivity index (χ2v) is 2.74. The smallest absolute Gasteiger partial charge is 0.130 e. The van der Waals surface area contributed by atoms with Crippen LogP contribution in [0.15, 0.2) is 24.3 Å². The van der Waals surface area contributed by atoms with E-state index < -0.39 is 0 Å². The van der Waals surface area contributed by atoms with Gasteiger partial charge in [0.05, 0.1) is 0 Å². The van der Waals surface area contributed by atoms with Crippen molar-refractivity contribution in [1.29, 1.82) is 0 Å². The summed E-state index contributed by atoms with van der Waals surface area (Å²) in [5.74, 6) is -0.288. The molecule has 0 aromatic heterocycles. The maximum Gasteiger partial charge on any atom is 0.130 e. The fraction of sp³-hybridized carbons (Fsp3) is 0.111. The van der Waals surface area contributed by atoms with Gasteiger partial charge in [-0.05, 0) is 18.2 Å². The third kappa shape index (κ3) is 2.32. The Kier molecular flexibility index (Phi) is 3.26. The number of rotatable bonds is 2. The van der Waals surface area contributed by atoms with E-state index in [-0.39, 0.29) is 5.82 Å². The Labute approximate surface area is 75.6 Å². The summed E-state index contributed by atoms with van der Waals surface area (Å²) >= 11 is 5.66. The van der Waals surface area contributed by atoms with E-state index in [0.717, 1.165) is 0 Å². The molecule has 0 aliphatic heterocycles. The predicted molar refractivity (Wildman–Crippen MR) is 49.5 cm³/mol. The summed E-state index contributed by atoms with van der Waals surface area (Å²) in [7, 11) is 0. The summed E-state index contributed by atoms with van der Waals surface area (Å²) in [5, 5.41) is 0.521. The standard InChI is InChI=1S/C9H9ClFN/c10-8-3-4-9(11)7(6-8)2-1-5-12/h1-4,6H,5,12H2. The third-order valence-electron chi connectivity index (χ3n) is 1.39. The lowest BCUT2D eigenvalue weighted by atomic mass is 10.2. The molecule has 0 saturated heterocycles. The Morgan fingerprint density at radius 2 is 2.25 bits per heavy atom. The van der Waals surface area contributed by atoms with Crippen molar-refractivity contribution in [2.45, 2.75) is 0 Å². The number of nitrogens with two attached hydrogens (primary N) is 1. The molecular weight excluding hydrogens is 177 g/mol. The zero-order chi connectivity index (χ0) is 8.97. The van der Waals surface area contributed by atoms with Gasteiger partial charge in [-0.1, -0.05) is 23.8 Å². The average Bonchev–Trinajstić information content (AvgIpc) is 2.07. The first-order valence-corrected chi connectivity index (χ1v) is 3.93. The zero-order valence-electron chi connectivity index (χ0n) is 6.43. The molecule has 64 valence electrons. The summed E-state index contributed by atoms with van der Waals surface area (Å²) in [4.78, 5) is 0. The Morgan fingerprint density at radius 3 is 2.92 bits per heavy atom. The molecule has 1 aromatic carbocycles. The molecule has 2 N–H and O–H groups in total. The molecule has 0 fully saturated rings. The fourth-order valence-corrected chi connectivity index (χ4v) is 1.02. The van der Waals surface area contributed by atoms with E-state index in [2.05, 4.69) is 0 Å². The van der Waals surface area contributed by atoms with Gasteiger partial charge in [0.1, 0.15) is 5.82 Å². The average molecular weight is 186 g/mol. The van der Waals surface area contributed by atoms with Crippen LogP contribution in [0.5, 0.6) is 0 Å². The molecule has 1 rings (SSSR count). The van der Waals surface area contributed by atoms with Crippen LogP contribution in [0.1, 0.15) is 5.56 Å². The molecule has 12 heavy (non-hydrogen) atoms. The molecule has 0 unspecified atom stereocenters. The van der Waals surface area contributed by atoms with Crippen molar-refractivity contribution in [2.75, 3.05) is 6.54 Å². The number of halogens is 2. The largest absolute Gasteiger partial charge is 0.327 e. The van der Waals surface area contributed by atoms with Gasteiger partial charge in [-0.25, -0.2) is 4.39 Å². The molecule has 0 amide bonds. The Hall–Kier alpha value is -0.860. The molecule has 0 atom stereocenters. The molecule has 0 spiro atoms. The third-order valence-corrected chi connectivity index (χ3v) is 1.63. The molecule has 0 radical (unpaired) electrons. The van der Waals surface area contributed by atoms with Crippen LogP contribution in [0.25, 0.3) is 6.08 Å². The van der Waals surface area contributed by atoms with Crippen molar-refractivity contribution in [3.63, 3.8) is 0 Å². The van der Waals surface area contributed by atoms with Crippen molar-refractivity contribution < 1.29 is 4.39 Å². The fourth-order valence-electron chi connectivity index (χ4n) is 0.837. The Balaban J connectivity index is 2.97. The molecule has 0 saturated carbocycles. The summed E-state index contributed by atoms with van der Waals surface area (Å²) in [6.07, 6.45) is 3.29. The van der Waals surface area contributed by atoms with E-state index in [1.165, 1.54) is 12.1 Å². The maximum atomic E-state index is 12.9. The van der Waals surface area contributed by atoms with Crippen LogP contribution in [0.2, 0.25) is 5.02 Å². The second-order valence-electron chi connectivity index (χ2n) is 2.30. The van der Waals surface area contributed by atoms with Gasteiger partial charge in [-0.3, -0.25) is 0 Å². The van der Waals surface area contributed by atoms with E-state index in [1.54, 1.807) is 18.2 Å². The number of hydrogen-bond donors (Lipinski definition) is 1. The van der Waals surface area contributed by atoms with E-state index in [1.807, 2.05) is 0 Å². The molecule has 0 bridgehead atoms. The van der Waals surface area contributed by atoms with Crippen LogP contribution in [0.4, 0.5) is 4.39 Å². The van der Waals surface area contributed by atoms with E-state index >= 15 is 0 Å². The van der Waals surface area contributed by atoms with Crippen LogP contribution in [0, 0.1) is 5.82 Å². The van der Waals surface area contributed by atoms with Gasteiger partial charge in [-0.15, -0.1) is 0 Å². The Bertz CT molecular complexity index is 297. The molecule has 0 aliphatic rings. The van der Waals surface area contributed by atoms with Crippen LogP contribution >= 0.6 is 11.6 Å². The van der Waals surface area contributed by atoms with Crippen LogP contribution < -0.4 is 5.73 Å². The minimum atomic E-state index is -0.288. The van der Waals surface area contributed by atoms with Crippen LogP contribution in [-0.2, 0) is 0 Å². The SMILES string of the molecule is NCC=Cc1cc(Cl)ccc1F. The van der Waals surface area contributed by atoms with Crippen molar-refractivity contribution in [3.05, 3.63) is 40.7 Å². The lowest BCUT2D eigenvalue weighted by Crippen LogP contribution is -1.92. The first kappa shape index (κ1) is 9.23. The van der Waals surface area contributed by atoms with Gasteiger partial charge in [0.15, 0.2) is 0 Å². The topological polar surface area (TPSA) is 26.0 Å². The summed E-state index contributed by atoms with van der Waals surface area (Å²) in [6.45, 7) is 0.395. The van der Waals surface area contributed by atoms with Gasteiger partial charge in [0.2, 0.25) is 0 Å². The molecule has 1 nitrogen and oxygen atoms in total. The highest BCUT2D eigenvalue weighted by Crippen LogP contribution is 2.15. The minimum Gasteiger partial charge on any atom is -0.327 e. The van der Waals surface area contributed by atoms with E-state index in [9.17, 15) is 4.39 Å². The lowest BCUT2D eigenvalue weighted by molar-refractivity contribution is 0.625. The highest BCUT2D eigenvalue weighted by atomic mass is 35.5. The van der Waals surface area contributed by atoms with Crippen molar-refractivity contribution in [3.8, 4) is 0 Å². The van der Waals surface area contributed by atoms with E-state index in [4.69, 9.17) is 17.3 Å². The number of hydrogen-bond acceptors (Lipinski definition) is 1. The molecular formula is C9H9ClFN. The summed E-state index contributed by atoms with van der Waals surface area (Å²) < 4.78 is 12.9. The summed E-state index contributed by atoms with van der Waals surface area (Å²) in [5.41, 5.74) is 5.69. The van der Waals surface area contributed by atoms with Crippen LogP contribution in [0.3, 0.4) is 0 Å². The molecule has 3 heteroatoms. The molecule has 0 heterocycles. The predicted octanol–water partition coefficient (Wildman–Crippen LogP) is 2.45. The first-order chi connectivity index (χ1) is 5.74. The van der Waals surface area contributed by atoms with Gasteiger partial charge >= 0.3 is 0 Å². The monoisotopic (exact) mass is 185 g/mol. The van der Waals surface area contributed by atoms with Crippen molar-refractivity contribution in [2.24, 2.45) is 5.73 Å². The first-order valence-electron chi connectivity index (χ1n) is 3.55. The normalized spacial score (nSPS) is 10.9. The molecule has 1 aromatic rings. The van der Waals surface area contributed by atoms with Crippen molar-refractivity contribution >= 4 is 17.7 Å². The second kappa shape index (κ2) is 4.24. The van der Waals surface area contributed by atoms with Gasteiger partial charge in [-0.2, -0.15) is 0 Å². The quantitative estimate of drug-likeness (QED) is 0.753. The minimum absolute atomic E-state index is 0.288. The van der Waals surface area contributed by atoms with Gasteiger partial charge in [0, 0.05) is 17.1 Å². The van der Waals surface area contributed by atoms with Crippen molar-refractivity contribution in [1.82, 2.24) is 0 Å². The lowest BCUT2D eigenvalue weighted by Gasteiger charge is -1.96. The zero-order valence-corrected chi connectivity index (χ0v) is 7.18.